The van der Waals surface area contributed by atoms with Gasteiger partial charge in [-0.25, -0.2) is 10.2 Å². The fourth-order valence-electron chi connectivity index (χ4n) is 1.86. The molecular weight excluding hydrogens is 356 g/mol. The fraction of sp³-hybridized carbons (Fsp3) is 0.125. The first kappa shape index (κ1) is 18.5. The van der Waals surface area contributed by atoms with E-state index in [9.17, 15) is 13.6 Å². The van der Waals surface area contributed by atoms with Crippen molar-refractivity contribution in [3.63, 3.8) is 0 Å². The zero-order chi connectivity index (χ0) is 18.2. The molecule has 0 saturated carbocycles. The summed E-state index contributed by atoms with van der Waals surface area (Å²) in [5.74, 6) is -0.255. The van der Waals surface area contributed by atoms with Gasteiger partial charge in [0, 0.05) is 5.69 Å². The lowest BCUT2D eigenvalue weighted by Crippen LogP contribution is -2.24. The maximum absolute atomic E-state index is 12.4. The number of urea groups is 1. The van der Waals surface area contributed by atoms with Crippen LogP contribution < -0.4 is 20.2 Å². The van der Waals surface area contributed by atoms with E-state index in [1.54, 1.807) is 24.3 Å². The molecule has 25 heavy (non-hydrogen) atoms. The normalized spacial score (nSPS) is 10.8. The number of para-hydroxylation sites is 1. The van der Waals surface area contributed by atoms with E-state index < -0.39 is 12.6 Å². The quantitative estimate of drug-likeness (QED) is 0.594. The van der Waals surface area contributed by atoms with Gasteiger partial charge in [-0.05, 0) is 29.8 Å². The van der Waals surface area contributed by atoms with Gasteiger partial charge in [0.2, 0.25) is 0 Å². The number of carbonyl (C=O) groups excluding carboxylic acids is 1. The van der Waals surface area contributed by atoms with Crippen LogP contribution in [0.15, 0.2) is 47.6 Å². The topological polar surface area (TPSA) is 72.0 Å². The van der Waals surface area contributed by atoms with E-state index in [2.05, 4.69) is 20.6 Å². The van der Waals surface area contributed by atoms with Crippen LogP contribution in [0.2, 0.25) is 5.02 Å². The molecule has 2 rings (SSSR count). The number of methoxy groups -OCH3 is 1. The third kappa shape index (κ3) is 5.61. The molecule has 0 atom stereocenters. The number of benzene rings is 2. The van der Waals surface area contributed by atoms with Crippen molar-refractivity contribution in [2.24, 2.45) is 5.10 Å². The molecule has 0 unspecified atom stereocenters. The van der Waals surface area contributed by atoms with Crippen LogP contribution in [0.4, 0.5) is 19.3 Å². The number of hydrazone groups is 1. The molecule has 0 spiro atoms. The minimum atomic E-state index is -3.03. The van der Waals surface area contributed by atoms with Gasteiger partial charge in [0.05, 0.1) is 18.3 Å². The van der Waals surface area contributed by atoms with Crippen LogP contribution in [-0.4, -0.2) is 26.0 Å². The van der Waals surface area contributed by atoms with E-state index in [1.165, 1.54) is 25.5 Å². The molecule has 0 aromatic heterocycles. The van der Waals surface area contributed by atoms with Crippen molar-refractivity contribution in [2.45, 2.75) is 6.61 Å². The predicted molar refractivity (Wildman–Crippen MR) is 90.8 cm³/mol. The average Bonchev–Trinajstić information content (AvgIpc) is 2.57. The summed E-state index contributed by atoms with van der Waals surface area (Å²) in [5.41, 5.74) is 3.29. The monoisotopic (exact) mass is 369 g/mol. The SMILES string of the molecule is COc1cc(/C=N\NC(=O)Nc2ccccc2)cc(Cl)c1OC(F)F. The van der Waals surface area contributed by atoms with Crippen LogP contribution in [0.25, 0.3) is 0 Å². The maximum atomic E-state index is 12.4. The minimum Gasteiger partial charge on any atom is -0.493 e. The van der Waals surface area contributed by atoms with Crippen LogP contribution >= 0.6 is 11.6 Å². The van der Waals surface area contributed by atoms with Crippen LogP contribution in [0.1, 0.15) is 5.56 Å². The number of ether oxygens (including phenoxy) is 2. The lowest BCUT2D eigenvalue weighted by atomic mass is 10.2. The lowest BCUT2D eigenvalue weighted by molar-refractivity contribution is -0.0511. The molecule has 9 heteroatoms. The summed E-state index contributed by atoms with van der Waals surface area (Å²) in [6.07, 6.45) is 1.28. The molecule has 0 aliphatic rings. The number of alkyl halides is 2. The molecule has 0 bridgehead atoms. The molecular formula is C16H14ClF2N3O3. The number of carbonyl (C=O) groups is 1. The summed E-state index contributed by atoms with van der Waals surface area (Å²) in [7, 11) is 1.29. The Labute approximate surface area is 147 Å². The van der Waals surface area contributed by atoms with Crippen molar-refractivity contribution < 1.29 is 23.0 Å². The fourth-order valence-corrected chi connectivity index (χ4v) is 2.13. The van der Waals surface area contributed by atoms with Gasteiger partial charge < -0.3 is 14.8 Å². The molecule has 6 nitrogen and oxygen atoms in total. The zero-order valence-corrected chi connectivity index (χ0v) is 13.8. The van der Waals surface area contributed by atoms with Gasteiger partial charge in [0.1, 0.15) is 0 Å². The zero-order valence-electron chi connectivity index (χ0n) is 13.0. The van der Waals surface area contributed by atoms with E-state index in [-0.39, 0.29) is 16.5 Å². The third-order valence-electron chi connectivity index (χ3n) is 2.87. The first-order valence-corrected chi connectivity index (χ1v) is 7.35. The molecule has 0 radical (unpaired) electrons. The maximum Gasteiger partial charge on any atom is 0.387 e. The van der Waals surface area contributed by atoms with Crippen LogP contribution in [0.5, 0.6) is 11.5 Å². The number of hydrogen-bond donors (Lipinski definition) is 2. The summed E-state index contributed by atoms with van der Waals surface area (Å²) in [6.45, 7) is -3.03. The van der Waals surface area contributed by atoms with Gasteiger partial charge in [-0.15, -0.1) is 0 Å². The number of nitrogens with one attached hydrogen (secondary N) is 2. The average molecular weight is 370 g/mol. The Hall–Kier alpha value is -2.87. The molecule has 0 saturated heterocycles. The highest BCUT2D eigenvalue weighted by molar-refractivity contribution is 6.32. The minimum absolute atomic E-state index is 0.0167. The molecule has 2 N–H and O–H groups in total. The lowest BCUT2D eigenvalue weighted by Gasteiger charge is -2.12. The summed E-state index contributed by atoms with van der Waals surface area (Å²) in [4.78, 5) is 11.7. The van der Waals surface area contributed by atoms with Gasteiger partial charge in [0.15, 0.2) is 11.5 Å². The second-order valence-corrected chi connectivity index (χ2v) is 5.01. The molecule has 2 aromatic carbocycles. The highest BCUT2D eigenvalue weighted by atomic mass is 35.5. The van der Waals surface area contributed by atoms with Crippen molar-refractivity contribution in [2.75, 3.05) is 12.4 Å². The van der Waals surface area contributed by atoms with Crippen molar-refractivity contribution in [1.29, 1.82) is 0 Å². The Morgan fingerprint density at radius 2 is 2.00 bits per heavy atom. The van der Waals surface area contributed by atoms with E-state index in [4.69, 9.17) is 16.3 Å². The molecule has 0 heterocycles. The van der Waals surface area contributed by atoms with Crippen molar-refractivity contribution >= 4 is 29.5 Å². The number of rotatable bonds is 6. The van der Waals surface area contributed by atoms with Crippen molar-refractivity contribution in [3.05, 3.63) is 53.1 Å². The summed E-state index contributed by atoms with van der Waals surface area (Å²) in [6, 6.07) is 11.0. The first-order chi connectivity index (χ1) is 12.0. The van der Waals surface area contributed by atoms with Crippen LogP contribution in [0.3, 0.4) is 0 Å². The second-order valence-electron chi connectivity index (χ2n) is 4.60. The Balaban J connectivity index is 2.03. The number of halogens is 3. The van der Waals surface area contributed by atoms with Gasteiger partial charge >= 0.3 is 12.6 Å². The second kappa shape index (κ2) is 8.84. The first-order valence-electron chi connectivity index (χ1n) is 6.97. The Kier molecular flexibility index (Phi) is 6.53. The number of nitrogens with zero attached hydrogens (tertiary/aromatic N) is 1. The highest BCUT2D eigenvalue weighted by Gasteiger charge is 2.15. The molecule has 2 amide bonds. The molecule has 2 aromatic rings. The third-order valence-corrected chi connectivity index (χ3v) is 3.15. The van der Waals surface area contributed by atoms with E-state index in [0.29, 0.717) is 11.3 Å². The van der Waals surface area contributed by atoms with E-state index in [0.717, 1.165) is 0 Å². The summed E-state index contributed by atoms with van der Waals surface area (Å²) >= 11 is 5.91. The van der Waals surface area contributed by atoms with Crippen molar-refractivity contribution in [1.82, 2.24) is 5.43 Å². The van der Waals surface area contributed by atoms with Crippen LogP contribution in [-0.2, 0) is 0 Å². The predicted octanol–water partition coefficient (Wildman–Crippen LogP) is 4.11. The number of hydrogen-bond acceptors (Lipinski definition) is 4. The van der Waals surface area contributed by atoms with E-state index in [1.807, 2.05) is 6.07 Å². The largest absolute Gasteiger partial charge is 0.493 e. The molecule has 132 valence electrons. The van der Waals surface area contributed by atoms with Crippen LogP contribution in [0, 0.1) is 0 Å². The smallest absolute Gasteiger partial charge is 0.387 e. The summed E-state index contributed by atoms with van der Waals surface area (Å²) < 4.78 is 34.0. The summed E-state index contributed by atoms with van der Waals surface area (Å²) in [5, 5.41) is 6.26. The Morgan fingerprint density at radius 3 is 2.64 bits per heavy atom. The van der Waals surface area contributed by atoms with Gasteiger partial charge in [0.25, 0.3) is 0 Å². The highest BCUT2D eigenvalue weighted by Crippen LogP contribution is 2.37. The molecule has 0 fully saturated rings. The van der Waals surface area contributed by atoms with E-state index >= 15 is 0 Å². The molecule has 0 aliphatic heterocycles. The Morgan fingerprint density at radius 1 is 1.28 bits per heavy atom. The van der Waals surface area contributed by atoms with Gasteiger partial charge in [-0.3, -0.25) is 0 Å². The standard InChI is InChI=1S/C16H14ClF2N3O3/c1-24-13-8-10(7-12(17)14(13)25-15(18)19)9-20-22-16(23)21-11-5-3-2-4-6-11/h2-9,15H,1H3,(H2,21,22,23)/b20-9-. The number of anilines is 1. The number of amides is 2. The molecule has 0 aliphatic carbocycles. The van der Waals surface area contributed by atoms with Gasteiger partial charge in [-0.2, -0.15) is 13.9 Å². The van der Waals surface area contributed by atoms with Crippen molar-refractivity contribution in [3.8, 4) is 11.5 Å². The Bertz CT molecular complexity index is 758. The van der Waals surface area contributed by atoms with Gasteiger partial charge in [-0.1, -0.05) is 29.8 Å².